The number of imidazole rings is 1. The van der Waals surface area contributed by atoms with E-state index in [0.29, 0.717) is 24.6 Å². The van der Waals surface area contributed by atoms with Crippen LogP contribution in [0.15, 0.2) is 59.6 Å². The van der Waals surface area contributed by atoms with Gasteiger partial charge < -0.3 is 4.57 Å². The van der Waals surface area contributed by atoms with Crippen LogP contribution in [-0.4, -0.2) is 27.0 Å². The number of fused-ring (bicyclic) bond motifs is 1. The SMILES string of the molecule is O=C(c1ccc(F)c(F)c1)N(CCCn1ccnc1)c1nc2ccc(Br)cc2s1. The number of amides is 1. The Balaban J connectivity index is 1.64. The van der Waals surface area contributed by atoms with Crippen molar-refractivity contribution >= 4 is 48.5 Å². The largest absolute Gasteiger partial charge is 0.337 e. The smallest absolute Gasteiger partial charge is 0.260 e. The zero-order valence-corrected chi connectivity index (χ0v) is 17.5. The lowest BCUT2D eigenvalue weighted by Crippen LogP contribution is -2.32. The number of halogens is 3. The molecule has 0 aliphatic rings. The van der Waals surface area contributed by atoms with E-state index in [9.17, 15) is 13.6 Å². The van der Waals surface area contributed by atoms with Gasteiger partial charge in [-0.25, -0.2) is 18.7 Å². The van der Waals surface area contributed by atoms with Crippen molar-refractivity contribution in [1.82, 2.24) is 14.5 Å². The maximum absolute atomic E-state index is 13.7. The van der Waals surface area contributed by atoms with Crippen molar-refractivity contribution < 1.29 is 13.6 Å². The van der Waals surface area contributed by atoms with Crippen molar-refractivity contribution in [2.45, 2.75) is 13.0 Å². The molecule has 0 aliphatic carbocycles. The molecule has 0 atom stereocenters. The summed E-state index contributed by atoms with van der Waals surface area (Å²) in [6, 6.07) is 8.85. The number of hydrogen-bond acceptors (Lipinski definition) is 4. The Hall–Kier alpha value is -2.65. The van der Waals surface area contributed by atoms with Crippen LogP contribution in [0.5, 0.6) is 0 Å². The molecule has 0 N–H and O–H groups in total. The summed E-state index contributed by atoms with van der Waals surface area (Å²) in [7, 11) is 0. The number of carbonyl (C=O) groups is 1. The summed E-state index contributed by atoms with van der Waals surface area (Å²) >= 11 is 4.81. The van der Waals surface area contributed by atoms with Gasteiger partial charge in [-0.15, -0.1) is 0 Å². The van der Waals surface area contributed by atoms with Crippen molar-refractivity contribution in [3.8, 4) is 0 Å². The highest BCUT2D eigenvalue weighted by molar-refractivity contribution is 9.10. The van der Waals surface area contributed by atoms with E-state index in [-0.39, 0.29) is 5.56 Å². The van der Waals surface area contributed by atoms with Crippen LogP contribution in [0.1, 0.15) is 16.8 Å². The second kappa shape index (κ2) is 8.38. The van der Waals surface area contributed by atoms with Crippen molar-refractivity contribution in [1.29, 1.82) is 0 Å². The predicted molar refractivity (Wildman–Crippen MR) is 112 cm³/mol. The fourth-order valence-corrected chi connectivity index (χ4v) is 4.44. The van der Waals surface area contributed by atoms with Gasteiger partial charge in [0.05, 0.1) is 16.5 Å². The standard InChI is InChI=1S/C20H15BrF2N4OS/c21-14-3-5-17-18(11-14)29-20(25-17)27(8-1-7-26-9-6-24-12-26)19(28)13-2-4-15(22)16(23)10-13/h2-6,9-12H,1,7-8H2. The van der Waals surface area contributed by atoms with Gasteiger partial charge in [-0.3, -0.25) is 9.69 Å². The van der Waals surface area contributed by atoms with Crippen molar-refractivity contribution in [3.63, 3.8) is 0 Å². The van der Waals surface area contributed by atoms with Crippen LogP contribution in [0.3, 0.4) is 0 Å². The van der Waals surface area contributed by atoms with Gasteiger partial charge in [0.1, 0.15) is 0 Å². The van der Waals surface area contributed by atoms with E-state index in [1.807, 2.05) is 29.0 Å². The van der Waals surface area contributed by atoms with Crippen LogP contribution < -0.4 is 4.90 Å². The average molecular weight is 477 g/mol. The number of anilines is 1. The minimum Gasteiger partial charge on any atom is -0.337 e. The Bertz CT molecular complexity index is 1160. The van der Waals surface area contributed by atoms with E-state index in [1.165, 1.54) is 22.3 Å². The average Bonchev–Trinajstić information content (AvgIpc) is 3.36. The molecule has 5 nitrogen and oxygen atoms in total. The number of aryl methyl sites for hydroxylation is 1. The fraction of sp³-hybridized carbons (Fsp3) is 0.150. The Morgan fingerprint density at radius 1 is 1.17 bits per heavy atom. The molecule has 0 saturated carbocycles. The summed E-state index contributed by atoms with van der Waals surface area (Å²) in [5, 5.41) is 0.512. The van der Waals surface area contributed by atoms with E-state index >= 15 is 0 Å². The van der Waals surface area contributed by atoms with Gasteiger partial charge in [-0.1, -0.05) is 27.3 Å². The third-order valence-corrected chi connectivity index (χ3v) is 5.87. The monoisotopic (exact) mass is 476 g/mol. The van der Waals surface area contributed by atoms with Crippen LogP contribution in [0.4, 0.5) is 13.9 Å². The molecular formula is C20H15BrF2N4OS. The van der Waals surface area contributed by atoms with E-state index in [1.54, 1.807) is 12.5 Å². The molecular weight excluding hydrogens is 462 g/mol. The molecule has 2 aromatic heterocycles. The minimum atomic E-state index is -1.05. The first kappa shape index (κ1) is 19.7. The van der Waals surface area contributed by atoms with Crippen molar-refractivity contribution in [2.75, 3.05) is 11.4 Å². The maximum atomic E-state index is 13.7. The molecule has 4 aromatic rings. The van der Waals surface area contributed by atoms with E-state index in [4.69, 9.17) is 0 Å². The zero-order chi connectivity index (χ0) is 20.4. The minimum absolute atomic E-state index is 0.0759. The highest BCUT2D eigenvalue weighted by atomic mass is 79.9. The van der Waals surface area contributed by atoms with Crippen LogP contribution in [0.25, 0.3) is 10.2 Å². The Morgan fingerprint density at radius 3 is 2.79 bits per heavy atom. The van der Waals surface area contributed by atoms with Gasteiger partial charge in [0.15, 0.2) is 16.8 Å². The number of carbonyl (C=O) groups excluding carboxylic acids is 1. The summed E-state index contributed by atoms with van der Waals surface area (Å²) in [5.41, 5.74) is 0.845. The molecule has 0 radical (unpaired) electrons. The van der Waals surface area contributed by atoms with Gasteiger partial charge in [0.2, 0.25) is 0 Å². The first-order chi connectivity index (χ1) is 14.0. The predicted octanol–water partition coefficient (Wildman–Crippen LogP) is 5.27. The first-order valence-corrected chi connectivity index (χ1v) is 10.4. The van der Waals surface area contributed by atoms with Gasteiger partial charge in [-0.05, 0) is 42.8 Å². The van der Waals surface area contributed by atoms with Crippen LogP contribution in [0.2, 0.25) is 0 Å². The van der Waals surface area contributed by atoms with E-state index in [2.05, 4.69) is 25.9 Å². The normalized spacial score (nSPS) is 11.1. The molecule has 148 valence electrons. The summed E-state index contributed by atoms with van der Waals surface area (Å²) in [6.45, 7) is 1.04. The molecule has 29 heavy (non-hydrogen) atoms. The third-order valence-electron chi connectivity index (χ3n) is 4.34. The van der Waals surface area contributed by atoms with Gasteiger partial charge in [0, 0.05) is 35.5 Å². The lowest BCUT2D eigenvalue weighted by atomic mass is 10.2. The van der Waals surface area contributed by atoms with Crippen LogP contribution >= 0.6 is 27.3 Å². The molecule has 0 fully saturated rings. The van der Waals surface area contributed by atoms with Crippen molar-refractivity contribution in [2.24, 2.45) is 0 Å². The summed E-state index contributed by atoms with van der Waals surface area (Å²) in [4.78, 5) is 23.2. The van der Waals surface area contributed by atoms with E-state index < -0.39 is 17.5 Å². The van der Waals surface area contributed by atoms with Gasteiger partial charge >= 0.3 is 0 Å². The molecule has 2 aromatic carbocycles. The zero-order valence-electron chi connectivity index (χ0n) is 15.1. The summed E-state index contributed by atoms with van der Waals surface area (Å²) < 4.78 is 30.7. The molecule has 0 spiro atoms. The van der Waals surface area contributed by atoms with Gasteiger partial charge in [0.25, 0.3) is 5.91 Å². The quantitative estimate of drug-likeness (QED) is 0.380. The highest BCUT2D eigenvalue weighted by Crippen LogP contribution is 2.32. The lowest BCUT2D eigenvalue weighted by molar-refractivity contribution is 0.0985. The summed E-state index contributed by atoms with van der Waals surface area (Å²) in [6.07, 6.45) is 5.88. The van der Waals surface area contributed by atoms with Gasteiger partial charge in [-0.2, -0.15) is 0 Å². The van der Waals surface area contributed by atoms with Crippen LogP contribution in [0, 0.1) is 11.6 Å². The first-order valence-electron chi connectivity index (χ1n) is 8.80. The second-order valence-corrected chi connectivity index (χ2v) is 8.27. The Kier molecular flexibility index (Phi) is 5.68. The molecule has 0 aliphatic heterocycles. The number of rotatable bonds is 6. The maximum Gasteiger partial charge on any atom is 0.260 e. The summed E-state index contributed by atoms with van der Waals surface area (Å²) in [5.74, 6) is -2.46. The molecule has 0 unspecified atom stereocenters. The molecule has 0 saturated heterocycles. The number of aromatic nitrogens is 3. The highest BCUT2D eigenvalue weighted by Gasteiger charge is 2.22. The molecule has 2 heterocycles. The fourth-order valence-electron chi connectivity index (χ4n) is 2.90. The number of thiazole rings is 1. The molecule has 9 heteroatoms. The van der Waals surface area contributed by atoms with Crippen LogP contribution in [-0.2, 0) is 6.54 Å². The van der Waals surface area contributed by atoms with Crippen molar-refractivity contribution in [3.05, 3.63) is 76.8 Å². The Morgan fingerprint density at radius 2 is 2.03 bits per heavy atom. The molecule has 4 rings (SSSR count). The lowest BCUT2D eigenvalue weighted by Gasteiger charge is -2.20. The Labute approximate surface area is 177 Å². The van der Waals surface area contributed by atoms with E-state index in [0.717, 1.165) is 26.8 Å². The third kappa shape index (κ3) is 4.35. The topological polar surface area (TPSA) is 51.0 Å². The molecule has 1 amide bonds. The number of nitrogens with zero attached hydrogens (tertiary/aromatic N) is 4. The molecule has 0 bridgehead atoms. The number of hydrogen-bond donors (Lipinski definition) is 0. The second-order valence-electron chi connectivity index (χ2n) is 6.35. The number of benzene rings is 2.